The van der Waals surface area contributed by atoms with Gasteiger partial charge in [-0.1, -0.05) is 233 Å². The molecule has 2 heteroatoms. The third-order valence-corrected chi connectivity index (χ3v) is 10.8. The van der Waals surface area contributed by atoms with Crippen LogP contribution in [-0.4, -0.2) is 29.1 Å². The van der Waals surface area contributed by atoms with Crippen molar-refractivity contribution < 1.29 is 0 Å². The van der Waals surface area contributed by atoms with E-state index in [4.69, 9.17) is 0 Å². The van der Waals surface area contributed by atoms with Crippen LogP contribution in [0.2, 0.25) is 0 Å². The summed E-state index contributed by atoms with van der Waals surface area (Å²) in [7, 11) is 0. The minimum absolute atomic E-state index is 0.632. The second-order valence-electron chi connectivity index (χ2n) is 15.4. The highest BCUT2D eigenvalue weighted by molar-refractivity contribution is 4.96. The topological polar surface area (TPSA) is 6.48 Å². The molecule has 0 amide bonds. The predicted molar refractivity (Wildman–Crippen MR) is 210 cm³/mol. The molecule has 1 aliphatic heterocycles. The Bertz CT molecular complexity index is 553. The second-order valence-corrected chi connectivity index (χ2v) is 15.4. The summed E-state index contributed by atoms with van der Waals surface area (Å²) >= 11 is 0. The Balaban J connectivity index is 1.89. The average molecular weight is 645 g/mol. The van der Waals surface area contributed by atoms with E-state index in [-0.39, 0.29) is 0 Å². The lowest BCUT2D eigenvalue weighted by molar-refractivity contribution is 0.138. The van der Waals surface area contributed by atoms with Gasteiger partial charge in [-0.3, -0.25) is 0 Å². The average Bonchev–Trinajstić information content (AvgIpc) is 3.44. The van der Waals surface area contributed by atoms with Crippen molar-refractivity contribution in [3.8, 4) is 0 Å². The summed E-state index contributed by atoms with van der Waals surface area (Å²) in [6.45, 7) is 9.50. The molecule has 0 fully saturated rings. The Labute approximate surface area is 292 Å². The molecule has 0 aromatic heterocycles. The van der Waals surface area contributed by atoms with Gasteiger partial charge in [0.2, 0.25) is 0 Å². The van der Waals surface area contributed by atoms with Crippen molar-refractivity contribution >= 4 is 0 Å². The number of hydrogen-bond donors (Lipinski definition) is 0. The highest BCUT2D eigenvalue weighted by Crippen LogP contribution is 2.23. The van der Waals surface area contributed by atoms with E-state index >= 15 is 0 Å². The monoisotopic (exact) mass is 645 g/mol. The minimum Gasteiger partial charge on any atom is -0.356 e. The largest absolute Gasteiger partial charge is 0.356 e. The quantitative estimate of drug-likeness (QED) is 0.0617. The van der Waals surface area contributed by atoms with Crippen LogP contribution in [0, 0.1) is 0 Å². The molecule has 0 spiro atoms. The number of rotatable bonds is 38. The fourth-order valence-electron chi connectivity index (χ4n) is 7.64. The number of unbranched alkanes of at least 4 members (excludes halogenated alkanes) is 32. The predicted octanol–water partition coefficient (Wildman–Crippen LogP) is 15.5. The van der Waals surface area contributed by atoms with Gasteiger partial charge < -0.3 is 9.80 Å². The molecule has 0 radical (unpaired) electrons. The van der Waals surface area contributed by atoms with Crippen molar-refractivity contribution in [1.82, 2.24) is 9.80 Å². The Kier molecular flexibility index (Phi) is 33.6. The first-order valence-corrected chi connectivity index (χ1v) is 22.0. The zero-order valence-electron chi connectivity index (χ0n) is 32.5. The van der Waals surface area contributed by atoms with Gasteiger partial charge in [0.15, 0.2) is 0 Å². The van der Waals surface area contributed by atoms with Gasteiger partial charge in [0, 0.05) is 25.5 Å². The minimum atomic E-state index is 0.632. The SMILES string of the molecule is CCCCCCCCCCCCCCCCCCCN1C=CN(CCCCCCCCCCCCCCCCCCC)C1CCC. The van der Waals surface area contributed by atoms with Gasteiger partial charge in [0.05, 0.1) is 0 Å². The molecule has 0 aromatic rings. The summed E-state index contributed by atoms with van der Waals surface area (Å²) in [5.41, 5.74) is 0. The molecule has 0 N–H and O–H groups in total. The van der Waals surface area contributed by atoms with Gasteiger partial charge in [0.25, 0.3) is 0 Å². The third-order valence-electron chi connectivity index (χ3n) is 10.8. The lowest BCUT2D eigenvalue weighted by Gasteiger charge is -2.33. The van der Waals surface area contributed by atoms with Gasteiger partial charge in [-0.05, 0) is 19.3 Å². The van der Waals surface area contributed by atoms with Crippen LogP contribution in [0.15, 0.2) is 12.4 Å². The summed E-state index contributed by atoms with van der Waals surface area (Å²) in [4.78, 5) is 5.34. The van der Waals surface area contributed by atoms with E-state index in [0.29, 0.717) is 6.17 Å². The molecule has 0 saturated carbocycles. The van der Waals surface area contributed by atoms with Gasteiger partial charge in [-0.15, -0.1) is 0 Å². The molecular weight excluding hydrogens is 556 g/mol. The van der Waals surface area contributed by atoms with Crippen LogP contribution in [0.5, 0.6) is 0 Å². The maximum Gasteiger partial charge on any atom is 0.101 e. The molecule has 274 valence electrons. The van der Waals surface area contributed by atoms with E-state index in [0.717, 1.165) is 0 Å². The molecule has 0 unspecified atom stereocenters. The highest BCUT2D eigenvalue weighted by Gasteiger charge is 2.24. The Morgan fingerprint density at radius 2 is 0.500 bits per heavy atom. The molecule has 0 atom stereocenters. The van der Waals surface area contributed by atoms with Crippen molar-refractivity contribution in [1.29, 1.82) is 0 Å². The second kappa shape index (κ2) is 35.6. The van der Waals surface area contributed by atoms with Crippen molar-refractivity contribution in [2.75, 3.05) is 13.1 Å². The first kappa shape index (κ1) is 43.4. The smallest absolute Gasteiger partial charge is 0.101 e. The lowest BCUT2D eigenvalue weighted by Crippen LogP contribution is -2.39. The van der Waals surface area contributed by atoms with E-state index in [1.54, 1.807) is 0 Å². The van der Waals surface area contributed by atoms with Crippen LogP contribution in [0.3, 0.4) is 0 Å². The molecular formula is C44H88N2. The Hall–Kier alpha value is -0.660. The molecule has 2 nitrogen and oxygen atoms in total. The summed E-state index contributed by atoms with van der Waals surface area (Å²) in [6, 6.07) is 0. The zero-order valence-corrected chi connectivity index (χ0v) is 32.5. The molecule has 0 aliphatic carbocycles. The molecule has 0 bridgehead atoms. The van der Waals surface area contributed by atoms with Gasteiger partial charge in [0.1, 0.15) is 6.17 Å². The first-order valence-electron chi connectivity index (χ1n) is 22.0. The Morgan fingerprint density at radius 1 is 0.283 bits per heavy atom. The number of nitrogens with zero attached hydrogens (tertiary/aromatic N) is 2. The van der Waals surface area contributed by atoms with Crippen LogP contribution in [0.25, 0.3) is 0 Å². The zero-order chi connectivity index (χ0) is 33.0. The molecule has 0 aromatic carbocycles. The molecule has 1 heterocycles. The van der Waals surface area contributed by atoms with E-state index in [1.165, 1.54) is 244 Å². The summed E-state index contributed by atoms with van der Waals surface area (Å²) in [5, 5.41) is 0. The van der Waals surface area contributed by atoms with E-state index in [2.05, 4.69) is 43.0 Å². The normalized spacial score (nSPS) is 13.5. The fraction of sp³-hybridized carbons (Fsp3) is 0.955. The van der Waals surface area contributed by atoms with Gasteiger partial charge >= 0.3 is 0 Å². The van der Waals surface area contributed by atoms with Crippen molar-refractivity contribution in [2.24, 2.45) is 0 Å². The van der Waals surface area contributed by atoms with Crippen LogP contribution in [0.1, 0.15) is 252 Å². The molecule has 1 rings (SSSR count). The maximum atomic E-state index is 2.67. The first-order chi connectivity index (χ1) is 22.8. The summed E-state index contributed by atoms with van der Waals surface area (Å²) in [6.07, 6.45) is 57.5. The summed E-state index contributed by atoms with van der Waals surface area (Å²) < 4.78 is 0. The van der Waals surface area contributed by atoms with Crippen LogP contribution in [-0.2, 0) is 0 Å². The van der Waals surface area contributed by atoms with Crippen molar-refractivity contribution in [2.45, 2.75) is 258 Å². The third kappa shape index (κ3) is 27.3. The van der Waals surface area contributed by atoms with Gasteiger partial charge in [-0.25, -0.2) is 0 Å². The lowest BCUT2D eigenvalue weighted by atomic mass is 10.0. The highest BCUT2D eigenvalue weighted by atomic mass is 15.4. The van der Waals surface area contributed by atoms with Crippen LogP contribution in [0.4, 0.5) is 0 Å². The van der Waals surface area contributed by atoms with Crippen molar-refractivity contribution in [3.05, 3.63) is 12.4 Å². The van der Waals surface area contributed by atoms with E-state index in [9.17, 15) is 0 Å². The molecule has 1 aliphatic rings. The number of hydrogen-bond acceptors (Lipinski definition) is 2. The van der Waals surface area contributed by atoms with Crippen LogP contribution >= 0.6 is 0 Å². The molecule has 0 saturated heterocycles. The molecule has 46 heavy (non-hydrogen) atoms. The van der Waals surface area contributed by atoms with Crippen molar-refractivity contribution in [3.63, 3.8) is 0 Å². The Morgan fingerprint density at radius 3 is 0.717 bits per heavy atom. The van der Waals surface area contributed by atoms with E-state index in [1.807, 2.05) is 0 Å². The standard InChI is InChI=1S/C44H88N2/c1-4-7-9-11-13-15-17-19-21-23-25-27-29-31-33-35-37-40-45-42-43-46(44(45)39-6-3)41-38-36-34-32-30-28-26-24-22-20-18-16-14-12-10-8-5-2/h42-44H,4-41H2,1-3H3. The van der Waals surface area contributed by atoms with Crippen LogP contribution < -0.4 is 0 Å². The fourth-order valence-corrected chi connectivity index (χ4v) is 7.64. The van der Waals surface area contributed by atoms with Gasteiger partial charge in [-0.2, -0.15) is 0 Å². The maximum absolute atomic E-state index is 2.67. The summed E-state index contributed by atoms with van der Waals surface area (Å²) in [5.74, 6) is 0. The van der Waals surface area contributed by atoms with E-state index < -0.39 is 0 Å².